The minimum atomic E-state index is 0.103. The molecule has 1 aliphatic rings. The zero-order chi connectivity index (χ0) is 15.8. The summed E-state index contributed by atoms with van der Waals surface area (Å²) in [4.78, 5) is 16.7. The fourth-order valence-electron chi connectivity index (χ4n) is 3.18. The smallest absolute Gasteiger partial charge is 0.248 e. The predicted molar refractivity (Wildman–Crippen MR) is 88.8 cm³/mol. The van der Waals surface area contributed by atoms with Gasteiger partial charge >= 0.3 is 0 Å². The van der Waals surface area contributed by atoms with E-state index in [2.05, 4.69) is 24.1 Å². The lowest BCUT2D eigenvalue weighted by Crippen LogP contribution is -2.43. The van der Waals surface area contributed by atoms with E-state index >= 15 is 0 Å². The van der Waals surface area contributed by atoms with E-state index < -0.39 is 0 Å². The third kappa shape index (κ3) is 5.43. The van der Waals surface area contributed by atoms with Crippen LogP contribution >= 0.6 is 0 Å². The first-order chi connectivity index (χ1) is 10.7. The highest BCUT2D eigenvalue weighted by Crippen LogP contribution is 2.17. The van der Waals surface area contributed by atoms with E-state index in [0.717, 1.165) is 26.1 Å². The van der Waals surface area contributed by atoms with Gasteiger partial charge in [0.05, 0.1) is 0 Å². The Morgan fingerprint density at radius 2 is 2.14 bits per heavy atom. The normalized spacial score (nSPS) is 19.1. The van der Waals surface area contributed by atoms with Crippen LogP contribution < -0.4 is 0 Å². The van der Waals surface area contributed by atoms with Gasteiger partial charge in [0, 0.05) is 26.7 Å². The van der Waals surface area contributed by atoms with Crippen molar-refractivity contribution in [1.29, 1.82) is 0 Å². The molecule has 1 aromatic carbocycles. The summed E-state index contributed by atoms with van der Waals surface area (Å²) >= 11 is 0. The van der Waals surface area contributed by atoms with E-state index in [4.69, 9.17) is 4.74 Å². The molecule has 0 aliphatic carbocycles. The summed E-state index contributed by atoms with van der Waals surface area (Å²) in [5, 5.41) is 0. The second kappa shape index (κ2) is 8.91. The molecule has 1 atom stereocenters. The van der Waals surface area contributed by atoms with Gasteiger partial charge in [0.25, 0.3) is 0 Å². The maximum atomic E-state index is 12.3. The molecule has 0 spiro atoms. The van der Waals surface area contributed by atoms with Crippen molar-refractivity contribution in [2.24, 2.45) is 5.92 Å². The van der Waals surface area contributed by atoms with E-state index in [1.165, 1.54) is 24.9 Å². The summed E-state index contributed by atoms with van der Waals surface area (Å²) in [5.41, 5.74) is 1.28. The number of methoxy groups -OCH3 is 1. The molecule has 0 radical (unpaired) electrons. The summed E-state index contributed by atoms with van der Waals surface area (Å²) in [6, 6.07) is 10.4. The molecule has 1 aromatic rings. The summed E-state index contributed by atoms with van der Waals surface area (Å²) in [7, 11) is 3.75. The molecule has 0 saturated carbocycles. The molecule has 1 aliphatic heterocycles. The highest BCUT2D eigenvalue weighted by atomic mass is 16.5. The third-order valence-corrected chi connectivity index (χ3v) is 4.33. The fourth-order valence-corrected chi connectivity index (χ4v) is 3.18. The van der Waals surface area contributed by atoms with Crippen LogP contribution in [0, 0.1) is 5.92 Å². The highest BCUT2D eigenvalue weighted by Gasteiger charge is 2.22. The van der Waals surface area contributed by atoms with Crippen molar-refractivity contribution in [3.8, 4) is 0 Å². The van der Waals surface area contributed by atoms with Crippen molar-refractivity contribution >= 4 is 5.91 Å². The summed E-state index contributed by atoms with van der Waals surface area (Å²) < 4.78 is 5.05. The topological polar surface area (TPSA) is 32.8 Å². The molecular formula is C18H28N2O2. The van der Waals surface area contributed by atoms with Gasteiger partial charge in [-0.05, 0) is 44.3 Å². The molecule has 1 fully saturated rings. The lowest BCUT2D eigenvalue weighted by molar-refractivity contribution is -0.136. The number of carbonyl (C=O) groups is 1. The number of amides is 1. The molecule has 1 saturated heterocycles. The lowest BCUT2D eigenvalue weighted by atomic mass is 9.97. The first-order valence-electron chi connectivity index (χ1n) is 8.18. The van der Waals surface area contributed by atoms with Gasteiger partial charge in [-0.3, -0.25) is 4.79 Å². The van der Waals surface area contributed by atoms with Crippen LogP contribution in [-0.2, 0) is 16.0 Å². The first-order valence-corrected chi connectivity index (χ1v) is 8.18. The van der Waals surface area contributed by atoms with Gasteiger partial charge in [-0.25, -0.2) is 0 Å². The molecule has 2 rings (SSSR count). The largest absolute Gasteiger partial charge is 0.375 e. The highest BCUT2D eigenvalue weighted by molar-refractivity contribution is 5.77. The van der Waals surface area contributed by atoms with Crippen LogP contribution in [0.25, 0.3) is 0 Å². The summed E-state index contributed by atoms with van der Waals surface area (Å²) in [5.74, 6) is 0.682. The van der Waals surface area contributed by atoms with E-state index in [-0.39, 0.29) is 12.5 Å². The van der Waals surface area contributed by atoms with E-state index in [1.54, 1.807) is 7.11 Å². The Morgan fingerprint density at radius 1 is 1.36 bits per heavy atom. The molecule has 0 N–H and O–H groups in total. The zero-order valence-electron chi connectivity index (χ0n) is 13.8. The van der Waals surface area contributed by atoms with Gasteiger partial charge in [-0.15, -0.1) is 0 Å². The van der Waals surface area contributed by atoms with Gasteiger partial charge < -0.3 is 14.5 Å². The van der Waals surface area contributed by atoms with Gasteiger partial charge in [-0.2, -0.15) is 0 Å². The van der Waals surface area contributed by atoms with E-state index in [9.17, 15) is 4.79 Å². The van der Waals surface area contributed by atoms with Crippen molar-refractivity contribution in [3.05, 3.63) is 35.9 Å². The van der Waals surface area contributed by atoms with Gasteiger partial charge in [0.2, 0.25) is 5.91 Å². The Bertz CT molecular complexity index is 450. The number of nitrogens with zero attached hydrogens (tertiary/aromatic N) is 2. The second-order valence-electron chi connectivity index (χ2n) is 6.28. The number of carbonyl (C=O) groups excluding carboxylic acids is 1. The average molecular weight is 304 g/mol. The number of hydrogen-bond acceptors (Lipinski definition) is 3. The molecule has 22 heavy (non-hydrogen) atoms. The number of likely N-dealkylation sites (tertiary alicyclic amines) is 1. The molecule has 4 heteroatoms. The van der Waals surface area contributed by atoms with E-state index in [0.29, 0.717) is 5.92 Å². The average Bonchev–Trinajstić information content (AvgIpc) is 2.52. The van der Waals surface area contributed by atoms with Crippen molar-refractivity contribution in [3.63, 3.8) is 0 Å². The predicted octanol–water partition coefficient (Wildman–Crippen LogP) is 2.05. The van der Waals surface area contributed by atoms with Crippen LogP contribution in [0.3, 0.4) is 0 Å². The van der Waals surface area contributed by atoms with Crippen LogP contribution in [0.1, 0.15) is 18.4 Å². The Kier molecular flexibility index (Phi) is 6.87. The van der Waals surface area contributed by atoms with Crippen molar-refractivity contribution in [2.45, 2.75) is 19.3 Å². The Morgan fingerprint density at radius 3 is 2.82 bits per heavy atom. The molecule has 1 amide bonds. The standard InChI is InChI=1S/C18H28N2O2/c1-19-11-6-9-17(13-19)14-20(18(21)15-22-2)12-10-16-7-4-3-5-8-16/h3-5,7-8,17H,6,9-15H2,1-2H3. The molecule has 0 aromatic heterocycles. The van der Waals surface area contributed by atoms with Crippen molar-refractivity contribution in [2.75, 3.05) is 46.9 Å². The van der Waals surface area contributed by atoms with E-state index in [1.807, 2.05) is 23.1 Å². The number of piperidine rings is 1. The van der Waals surface area contributed by atoms with Crippen LogP contribution in [-0.4, -0.2) is 62.7 Å². The summed E-state index contributed by atoms with van der Waals surface area (Å²) in [6.45, 7) is 4.05. The zero-order valence-corrected chi connectivity index (χ0v) is 13.8. The number of hydrogen-bond donors (Lipinski definition) is 0. The number of ether oxygens (including phenoxy) is 1. The fraction of sp³-hybridized carbons (Fsp3) is 0.611. The summed E-state index contributed by atoms with van der Waals surface area (Å²) in [6.07, 6.45) is 3.34. The molecule has 4 nitrogen and oxygen atoms in total. The molecule has 122 valence electrons. The molecule has 1 unspecified atom stereocenters. The maximum Gasteiger partial charge on any atom is 0.248 e. The monoisotopic (exact) mass is 304 g/mol. The maximum absolute atomic E-state index is 12.3. The van der Waals surface area contributed by atoms with Crippen LogP contribution in [0.5, 0.6) is 0 Å². The van der Waals surface area contributed by atoms with Crippen LogP contribution in [0.2, 0.25) is 0 Å². The Hall–Kier alpha value is -1.39. The quantitative estimate of drug-likeness (QED) is 0.773. The first kappa shape index (κ1) is 17.0. The molecule has 1 heterocycles. The Labute approximate surface area is 134 Å². The molecule has 0 bridgehead atoms. The number of rotatable bonds is 7. The van der Waals surface area contributed by atoms with Crippen LogP contribution in [0.4, 0.5) is 0 Å². The second-order valence-corrected chi connectivity index (χ2v) is 6.28. The molecular weight excluding hydrogens is 276 g/mol. The Balaban J connectivity index is 1.91. The van der Waals surface area contributed by atoms with Gasteiger partial charge in [-0.1, -0.05) is 30.3 Å². The third-order valence-electron chi connectivity index (χ3n) is 4.33. The lowest BCUT2D eigenvalue weighted by Gasteiger charge is -2.34. The SMILES string of the molecule is COCC(=O)N(CCc1ccccc1)CC1CCCN(C)C1. The minimum Gasteiger partial charge on any atom is -0.375 e. The van der Waals surface area contributed by atoms with Gasteiger partial charge in [0.15, 0.2) is 0 Å². The van der Waals surface area contributed by atoms with Crippen LogP contribution in [0.15, 0.2) is 30.3 Å². The van der Waals surface area contributed by atoms with Crippen molar-refractivity contribution < 1.29 is 9.53 Å². The minimum absolute atomic E-state index is 0.103. The van der Waals surface area contributed by atoms with Crippen molar-refractivity contribution in [1.82, 2.24) is 9.80 Å². The van der Waals surface area contributed by atoms with Gasteiger partial charge in [0.1, 0.15) is 6.61 Å². The number of benzene rings is 1.